The summed E-state index contributed by atoms with van der Waals surface area (Å²) >= 11 is 1.55. The first-order valence-corrected chi connectivity index (χ1v) is 6.32. The highest BCUT2D eigenvalue weighted by Gasteiger charge is 2.15. The van der Waals surface area contributed by atoms with Crippen molar-refractivity contribution in [3.8, 4) is 10.6 Å². The molecule has 2 aromatic heterocycles. The Morgan fingerprint density at radius 3 is 3.12 bits per heavy atom. The van der Waals surface area contributed by atoms with Gasteiger partial charge < -0.3 is 5.32 Å². The van der Waals surface area contributed by atoms with E-state index in [1.54, 1.807) is 28.4 Å². The first kappa shape index (κ1) is 11.8. The molecule has 90 valence electrons. The molecule has 2 rings (SSSR count). The summed E-state index contributed by atoms with van der Waals surface area (Å²) in [7, 11) is 0. The van der Waals surface area contributed by atoms with E-state index in [-0.39, 0.29) is 11.9 Å². The third-order valence-electron chi connectivity index (χ3n) is 2.41. The first-order chi connectivity index (χ1) is 8.22. The lowest BCUT2D eigenvalue weighted by Crippen LogP contribution is -2.30. The van der Waals surface area contributed by atoms with Crippen molar-refractivity contribution >= 4 is 17.2 Å². The fourth-order valence-corrected chi connectivity index (χ4v) is 2.08. The smallest absolute Gasteiger partial charge is 0.244 e. The topological polar surface area (TPSA) is 59.8 Å². The summed E-state index contributed by atoms with van der Waals surface area (Å²) in [6, 6.07) is -0.302. The van der Waals surface area contributed by atoms with Gasteiger partial charge in [0.2, 0.25) is 5.91 Å². The maximum absolute atomic E-state index is 11.7. The number of likely N-dealkylation sites (N-methyl/N-ethyl adjacent to an activating group) is 1. The minimum absolute atomic E-state index is 0.0266. The summed E-state index contributed by atoms with van der Waals surface area (Å²) in [4.78, 5) is 15.9. The van der Waals surface area contributed by atoms with Crippen LogP contribution in [0.5, 0.6) is 0 Å². The number of aromatic nitrogens is 3. The molecule has 1 atom stereocenters. The van der Waals surface area contributed by atoms with Crippen molar-refractivity contribution in [1.29, 1.82) is 0 Å². The van der Waals surface area contributed by atoms with Crippen molar-refractivity contribution in [3.63, 3.8) is 0 Å². The number of amides is 1. The summed E-state index contributed by atoms with van der Waals surface area (Å²) in [5, 5.41) is 9.81. The summed E-state index contributed by atoms with van der Waals surface area (Å²) in [6.07, 6.45) is 5.33. The second-order valence-corrected chi connectivity index (χ2v) is 4.51. The summed E-state index contributed by atoms with van der Waals surface area (Å²) in [5.41, 5.74) is 0.941. The van der Waals surface area contributed by atoms with Crippen LogP contribution in [0.1, 0.15) is 19.9 Å². The third-order valence-corrected chi connectivity index (χ3v) is 3.23. The molecule has 0 saturated carbocycles. The maximum atomic E-state index is 11.7. The zero-order chi connectivity index (χ0) is 12.3. The van der Waals surface area contributed by atoms with E-state index in [9.17, 15) is 4.79 Å². The van der Waals surface area contributed by atoms with E-state index in [2.05, 4.69) is 15.4 Å². The number of thiazole rings is 1. The monoisotopic (exact) mass is 250 g/mol. The lowest BCUT2D eigenvalue weighted by atomic mass is 10.3. The van der Waals surface area contributed by atoms with Gasteiger partial charge in [-0.2, -0.15) is 5.10 Å². The Balaban J connectivity index is 2.16. The zero-order valence-corrected chi connectivity index (χ0v) is 10.6. The molecule has 6 heteroatoms. The van der Waals surface area contributed by atoms with Crippen LogP contribution in [0.3, 0.4) is 0 Å². The van der Waals surface area contributed by atoms with Crippen LogP contribution in [0.15, 0.2) is 24.0 Å². The highest BCUT2D eigenvalue weighted by molar-refractivity contribution is 7.13. The molecule has 1 amide bonds. The molecule has 0 aliphatic carbocycles. The van der Waals surface area contributed by atoms with Crippen LogP contribution in [0.4, 0.5) is 0 Å². The Kier molecular flexibility index (Phi) is 3.53. The molecular formula is C11H14N4OS. The Hall–Kier alpha value is -1.69. The van der Waals surface area contributed by atoms with Crippen molar-refractivity contribution in [2.75, 3.05) is 6.54 Å². The molecule has 0 aliphatic heterocycles. The molecule has 1 unspecified atom stereocenters. The quantitative estimate of drug-likeness (QED) is 0.898. The van der Waals surface area contributed by atoms with E-state index in [1.165, 1.54) is 0 Å². The van der Waals surface area contributed by atoms with E-state index in [4.69, 9.17) is 0 Å². The minimum atomic E-state index is -0.302. The van der Waals surface area contributed by atoms with E-state index >= 15 is 0 Å². The van der Waals surface area contributed by atoms with Crippen LogP contribution in [0.2, 0.25) is 0 Å². The summed E-state index contributed by atoms with van der Waals surface area (Å²) in [6.45, 7) is 4.35. The number of carbonyl (C=O) groups excluding carboxylic acids is 1. The second-order valence-electron chi connectivity index (χ2n) is 3.62. The highest BCUT2D eigenvalue weighted by atomic mass is 32.1. The van der Waals surface area contributed by atoms with Gasteiger partial charge in [-0.05, 0) is 13.8 Å². The molecule has 17 heavy (non-hydrogen) atoms. The van der Waals surface area contributed by atoms with Crippen molar-refractivity contribution in [2.24, 2.45) is 0 Å². The maximum Gasteiger partial charge on any atom is 0.244 e. The van der Waals surface area contributed by atoms with Gasteiger partial charge in [-0.1, -0.05) is 0 Å². The van der Waals surface area contributed by atoms with Crippen LogP contribution >= 0.6 is 11.3 Å². The number of nitrogens with zero attached hydrogens (tertiary/aromatic N) is 3. The second kappa shape index (κ2) is 5.09. The SMILES string of the molecule is CCNC(=O)C(C)n1cc(-c2nccs2)cn1. The Labute approximate surface area is 103 Å². The molecule has 0 bridgehead atoms. The van der Waals surface area contributed by atoms with Crippen LogP contribution in [0.25, 0.3) is 10.6 Å². The minimum Gasteiger partial charge on any atom is -0.355 e. The predicted octanol–water partition coefficient (Wildman–Crippen LogP) is 1.70. The molecule has 0 fully saturated rings. The largest absolute Gasteiger partial charge is 0.355 e. The van der Waals surface area contributed by atoms with Crippen LogP contribution in [0, 0.1) is 0 Å². The zero-order valence-electron chi connectivity index (χ0n) is 9.75. The average Bonchev–Trinajstić information content (AvgIpc) is 2.98. The highest BCUT2D eigenvalue weighted by Crippen LogP contribution is 2.21. The number of hydrogen-bond donors (Lipinski definition) is 1. The number of nitrogens with one attached hydrogen (secondary N) is 1. The fourth-order valence-electron chi connectivity index (χ4n) is 1.47. The van der Waals surface area contributed by atoms with Crippen LogP contribution in [-0.2, 0) is 4.79 Å². The molecule has 5 nitrogen and oxygen atoms in total. The Bertz CT molecular complexity index is 491. The predicted molar refractivity (Wildman–Crippen MR) is 66.7 cm³/mol. The third kappa shape index (κ3) is 2.52. The van der Waals surface area contributed by atoms with Crippen LogP contribution < -0.4 is 5.32 Å². The lowest BCUT2D eigenvalue weighted by molar-refractivity contribution is -0.124. The molecule has 1 N–H and O–H groups in total. The van der Waals surface area contributed by atoms with E-state index in [0.29, 0.717) is 6.54 Å². The standard InChI is InChI=1S/C11H14N4OS/c1-3-12-10(16)8(2)15-7-9(6-14-15)11-13-4-5-17-11/h4-8H,3H2,1-2H3,(H,12,16). The molecule has 0 spiro atoms. The van der Waals surface area contributed by atoms with Crippen LogP contribution in [-0.4, -0.2) is 27.2 Å². The van der Waals surface area contributed by atoms with Gasteiger partial charge in [-0.25, -0.2) is 4.98 Å². The van der Waals surface area contributed by atoms with Crippen molar-refractivity contribution < 1.29 is 4.79 Å². The molecule has 0 radical (unpaired) electrons. The molecule has 0 aromatic carbocycles. The van der Waals surface area contributed by atoms with Crippen molar-refractivity contribution in [3.05, 3.63) is 24.0 Å². The number of rotatable bonds is 4. The Morgan fingerprint density at radius 1 is 1.65 bits per heavy atom. The van der Waals surface area contributed by atoms with Gasteiger partial charge in [0.05, 0.1) is 6.20 Å². The summed E-state index contributed by atoms with van der Waals surface area (Å²) < 4.78 is 1.65. The fraction of sp³-hybridized carbons (Fsp3) is 0.364. The molecule has 0 aliphatic rings. The van der Waals surface area contributed by atoms with E-state index < -0.39 is 0 Å². The number of hydrogen-bond acceptors (Lipinski definition) is 4. The summed E-state index contributed by atoms with van der Waals surface area (Å²) in [5.74, 6) is -0.0266. The Morgan fingerprint density at radius 2 is 2.47 bits per heavy atom. The van der Waals surface area contributed by atoms with Crippen molar-refractivity contribution in [2.45, 2.75) is 19.9 Å². The number of carbonyl (C=O) groups is 1. The van der Waals surface area contributed by atoms with Gasteiger partial charge in [0, 0.05) is 29.9 Å². The molecule has 2 aromatic rings. The van der Waals surface area contributed by atoms with Gasteiger partial charge >= 0.3 is 0 Å². The van der Waals surface area contributed by atoms with Gasteiger partial charge in [-0.15, -0.1) is 11.3 Å². The van der Waals surface area contributed by atoms with Gasteiger partial charge in [-0.3, -0.25) is 9.48 Å². The average molecular weight is 250 g/mol. The normalized spacial score (nSPS) is 12.4. The van der Waals surface area contributed by atoms with E-state index in [1.807, 2.05) is 25.4 Å². The lowest BCUT2D eigenvalue weighted by Gasteiger charge is -2.10. The van der Waals surface area contributed by atoms with Gasteiger partial charge in [0.25, 0.3) is 0 Å². The van der Waals surface area contributed by atoms with Gasteiger partial charge in [0.15, 0.2) is 0 Å². The van der Waals surface area contributed by atoms with Gasteiger partial charge in [0.1, 0.15) is 11.0 Å². The van der Waals surface area contributed by atoms with E-state index in [0.717, 1.165) is 10.6 Å². The molecular weight excluding hydrogens is 236 g/mol. The van der Waals surface area contributed by atoms with Crippen molar-refractivity contribution in [1.82, 2.24) is 20.1 Å². The molecule has 0 saturated heterocycles. The molecule has 2 heterocycles. The first-order valence-electron chi connectivity index (χ1n) is 5.44.